The molecular formula is C20H31IN4O2. The van der Waals surface area contributed by atoms with Crippen molar-refractivity contribution in [3.63, 3.8) is 0 Å². The summed E-state index contributed by atoms with van der Waals surface area (Å²) < 4.78 is 12.9. The van der Waals surface area contributed by atoms with Crippen LogP contribution < -0.4 is 10.1 Å². The van der Waals surface area contributed by atoms with Crippen molar-refractivity contribution in [1.29, 1.82) is 0 Å². The van der Waals surface area contributed by atoms with Gasteiger partial charge in [0.2, 0.25) is 0 Å². The molecule has 0 aliphatic rings. The summed E-state index contributed by atoms with van der Waals surface area (Å²) in [6.45, 7) is 2.86. The SMILES string of the molecule is CN=C(NCc1cccc(OCCCOC)c1)N(C)Cc1cccn1C.I. The van der Waals surface area contributed by atoms with Gasteiger partial charge in [-0.2, -0.15) is 0 Å². The van der Waals surface area contributed by atoms with Crippen molar-refractivity contribution in [1.82, 2.24) is 14.8 Å². The summed E-state index contributed by atoms with van der Waals surface area (Å²) in [5, 5.41) is 3.41. The number of hydrogen-bond donors (Lipinski definition) is 1. The highest BCUT2D eigenvalue weighted by Gasteiger charge is 2.08. The minimum absolute atomic E-state index is 0. The van der Waals surface area contributed by atoms with Crippen LogP contribution in [0, 0.1) is 0 Å². The predicted molar refractivity (Wildman–Crippen MR) is 121 cm³/mol. The fourth-order valence-electron chi connectivity index (χ4n) is 2.68. The number of methoxy groups -OCH3 is 1. The molecule has 1 N–H and O–H groups in total. The number of hydrogen-bond acceptors (Lipinski definition) is 3. The zero-order valence-corrected chi connectivity index (χ0v) is 19.0. The summed E-state index contributed by atoms with van der Waals surface area (Å²) >= 11 is 0. The maximum atomic E-state index is 5.76. The monoisotopic (exact) mass is 486 g/mol. The van der Waals surface area contributed by atoms with Crippen molar-refractivity contribution in [2.24, 2.45) is 12.0 Å². The Morgan fingerprint density at radius 1 is 1.22 bits per heavy atom. The van der Waals surface area contributed by atoms with Gasteiger partial charge < -0.3 is 24.3 Å². The maximum Gasteiger partial charge on any atom is 0.194 e. The Labute approximate surface area is 179 Å². The number of aliphatic imine (C=N–C) groups is 1. The minimum atomic E-state index is 0. The number of ether oxygens (including phenoxy) is 2. The van der Waals surface area contributed by atoms with E-state index in [1.54, 1.807) is 14.2 Å². The number of aromatic nitrogens is 1. The molecule has 0 radical (unpaired) electrons. The molecule has 27 heavy (non-hydrogen) atoms. The lowest BCUT2D eigenvalue weighted by atomic mass is 10.2. The lowest BCUT2D eigenvalue weighted by Crippen LogP contribution is -2.38. The zero-order valence-electron chi connectivity index (χ0n) is 16.6. The van der Waals surface area contributed by atoms with Gasteiger partial charge in [0.1, 0.15) is 5.75 Å². The Balaban J connectivity index is 0.00000364. The fourth-order valence-corrected chi connectivity index (χ4v) is 2.68. The standard InChI is InChI=1S/C20H30N4O2.HI/c1-21-20(24(3)16-18-9-6-11-23(18)2)22-15-17-8-5-10-19(14-17)26-13-7-12-25-4;/h5-6,8-11,14H,7,12-13,15-16H2,1-4H3,(H,21,22);1H. The first-order valence-electron chi connectivity index (χ1n) is 8.86. The highest BCUT2D eigenvalue weighted by atomic mass is 127. The van der Waals surface area contributed by atoms with Gasteiger partial charge >= 0.3 is 0 Å². The molecule has 0 aliphatic carbocycles. The van der Waals surface area contributed by atoms with Crippen LogP contribution in [-0.4, -0.2) is 49.8 Å². The predicted octanol–water partition coefficient (Wildman–Crippen LogP) is 3.27. The van der Waals surface area contributed by atoms with E-state index >= 15 is 0 Å². The molecular weight excluding hydrogens is 455 g/mol. The van der Waals surface area contributed by atoms with Gasteiger partial charge in [-0.15, -0.1) is 24.0 Å². The number of nitrogens with zero attached hydrogens (tertiary/aromatic N) is 3. The van der Waals surface area contributed by atoms with E-state index < -0.39 is 0 Å². The largest absolute Gasteiger partial charge is 0.493 e. The first-order chi connectivity index (χ1) is 12.6. The molecule has 7 heteroatoms. The van der Waals surface area contributed by atoms with Crippen LogP contribution >= 0.6 is 24.0 Å². The minimum Gasteiger partial charge on any atom is -0.493 e. The van der Waals surface area contributed by atoms with Crippen LogP contribution in [0.5, 0.6) is 5.75 Å². The molecule has 0 saturated carbocycles. The summed E-state index contributed by atoms with van der Waals surface area (Å²) in [5.74, 6) is 1.74. The van der Waals surface area contributed by atoms with Crippen molar-refractivity contribution in [3.8, 4) is 5.75 Å². The van der Waals surface area contributed by atoms with E-state index in [2.05, 4.69) is 57.3 Å². The molecule has 0 bridgehead atoms. The third-order valence-corrected chi connectivity index (χ3v) is 4.13. The Kier molecular flexibility index (Phi) is 10.9. The lowest BCUT2D eigenvalue weighted by Gasteiger charge is -2.22. The molecule has 0 spiro atoms. The van der Waals surface area contributed by atoms with E-state index in [1.807, 2.05) is 19.2 Å². The normalized spacial score (nSPS) is 11.0. The summed E-state index contributed by atoms with van der Waals surface area (Å²) in [5.41, 5.74) is 2.39. The van der Waals surface area contributed by atoms with E-state index in [1.165, 1.54) is 5.69 Å². The summed E-state index contributed by atoms with van der Waals surface area (Å²) in [6, 6.07) is 12.3. The Hall–Kier alpha value is -1.74. The topological polar surface area (TPSA) is 51.0 Å². The van der Waals surface area contributed by atoms with E-state index in [4.69, 9.17) is 9.47 Å². The van der Waals surface area contributed by atoms with E-state index in [0.29, 0.717) is 19.8 Å². The van der Waals surface area contributed by atoms with Crippen LogP contribution in [0.4, 0.5) is 0 Å². The Morgan fingerprint density at radius 3 is 2.70 bits per heavy atom. The van der Waals surface area contributed by atoms with Gasteiger partial charge in [-0.05, 0) is 29.8 Å². The Morgan fingerprint density at radius 2 is 2.04 bits per heavy atom. The molecule has 0 aliphatic heterocycles. The van der Waals surface area contributed by atoms with E-state index in [0.717, 1.165) is 30.2 Å². The van der Waals surface area contributed by atoms with Crippen LogP contribution in [0.25, 0.3) is 0 Å². The van der Waals surface area contributed by atoms with E-state index in [9.17, 15) is 0 Å². The Bertz CT molecular complexity index is 703. The quantitative estimate of drug-likeness (QED) is 0.256. The molecule has 2 aromatic rings. The summed E-state index contributed by atoms with van der Waals surface area (Å²) in [6.07, 6.45) is 2.94. The number of rotatable bonds is 9. The van der Waals surface area contributed by atoms with Gasteiger partial charge in [0.05, 0.1) is 13.2 Å². The average Bonchev–Trinajstić information content (AvgIpc) is 3.04. The van der Waals surface area contributed by atoms with Crippen LogP contribution in [0.1, 0.15) is 17.7 Å². The fraction of sp³-hybridized carbons (Fsp3) is 0.450. The average molecular weight is 486 g/mol. The lowest BCUT2D eigenvalue weighted by molar-refractivity contribution is 0.172. The van der Waals surface area contributed by atoms with Gasteiger partial charge in [0, 0.05) is 59.7 Å². The first kappa shape index (κ1) is 23.3. The van der Waals surface area contributed by atoms with Crippen molar-refractivity contribution in [3.05, 3.63) is 53.9 Å². The molecule has 0 atom stereocenters. The van der Waals surface area contributed by atoms with Crippen molar-refractivity contribution in [2.45, 2.75) is 19.5 Å². The summed E-state index contributed by atoms with van der Waals surface area (Å²) in [7, 11) is 7.60. The van der Waals surface area contributed by atoms with Gasteiger partial charge in [0.15, 0.2) is 5.96 Å². The van der Waals surface area contributed by atoms with Crippen molar-refractivity contribution in [2.75, 3.05) is 34.4 Å². The molecule has 2 rings (SSSR count). The second-order valence-electron chi connectivity index (χ2n) is 6.21. The zero-order chi connectivity index (χ0) is 18.8. The van der Waals surface area contributed by atoms with Gasteiger partial charge in [-0.3, -0.25) is 4.99 Å². The molecule has 0 saturated heterocycles. The van der Waals surface area contributed by atoms with Crippen molar-refractivity contribution < 1.29 is 9.47 Å². The van der Waals surface area contributed by atoms with Gasteiger partial charge in [0.25, 0.3) is 0 Å². The smallest absolute Gasteiger partial charge is 0.194 e. The van der Waals surface area contributed by atoms with Crippen molar-refractivity contribution >= 4 is 29.9 Å². The molecule has 0 amide bonds. The molecule has 150 valence electrons. The molecule has 1 heterocycles. The number of benzene rings is 1. The third-order valence-electron chi connectivity index (χ3n) is 4.13. The molecule has 1 aromatic carbocycles. The second kappa shape index (κ2) is 12.6. The summed E-state index contributed by atoms with van der Waals surface area (Å²) in [4.78, 5) is 6.49. The first-order valence-corrected chi connectivity index (χ1v) is 8.86. The molecule has 1 aromatic heterocycles. The van der Waals surface area contributed by atoms with Gasteiger partial charge in [-0.25, -0.2) is 0 Å². The third kappa shape index (κ3) is 7.80. The molecule has 0 unspecified atom stereocenters. The number of nitrogens with one attached hydrogen (secondary N) is 1. The van der Waals surface area contributed by atoms with Crippen LogP contribution in [0.15, 0.2) is 47.6 Å². The second-order valence-corrected chi connectivity index (χ2v) is 6.21. The maximum absolute atomic E-state index is 5.76. The van der Waals surface area contributed by atoms with Gasteiger partial charge in [-0.1, -0.05) is 12.1 Å². The number of guanidine groups is 1. The molecule has 6 nitrogen and oxygen atoms in total. The van der Waals surface area contributed by atoms with Crippen LogP contribution in [0.3, 0.4) is 0 Å². The number of halogens is 1. The highest BCUT2D eigenvalue weighted by molar-refractivity contribution is 14.0. The molecule has 0 fully saturated rings. The highest BCUT2D eigenvalue weighted by Crippen LogP contribution is 2.13. The number of aryl methyl sites for hydroxylation is 1. The van der Waals surface area contributed by atoms with E-state index in [-0.39, 0.29) is 24.0 Å². The van der Waals surface area contributed by atoms with Crippen LogP contribution in [0.2, 0.25) is 0 Å². The van der Waals surface area contributed by atoms with Crippen LogP contribution in [-0.2, 0) is 24.9 Å².